The number of rotatable bonds is 3. The second-order valence-corrected chi connectivity index (χ2v) is 6.10. The van der Waals surface area contributed by atoms with Gasteiger partial charge in [-0.05, 0) is 25.8 Å². The molecule has 1 N–H and O–H groups in total. The van der Waals surface area contributed by atoms with Gasteiger partial charge in [0, 0.05) is 12.5 Å². The molecule has 2 amide bonds. The second kappa shape index (κ2) is 5.65. The summed E-state index contributed by atoms with van der Waals surface area (Å²) >= 11 is 0. The van der Waals surface area contributed by atoms with Crippen molar-refractivity contribution in [2.45, 2.75) is 32.7 Å². The molecule has 108 valence electrons. The highest BCUT2D eigenvalue weighted by molar-refractivity contribution is 5.87. The van der Waals surface area contributed by atoms with Crippen molar-refractivity contribution in [1.82, 2.24) is 10.2 Å². The summed E-state index contributed by atoms with van der Waals surface area (Å²) in [5.74, 6) is -0.152. The first-order valence-electron chi connectivity index (χ1n) is 7.02. The zero-order valence-corrected chi connectivity index (χ0v) is 12.3. The minimum absolute atomic E-state index is 0.0497. The molecule has 0 bridgehead atoms. The lowest BCUT2D eigenvalue weighted by Crippen LogP contribution is -2.63. The molecule has 0 unspecified atom stereocenters. The molecule has 1 aromatic carbocycles. The third-order valence-electron chi connectivity index (χ3n) is 3.82. The number of benzene rings is 1. The van der Waals surface area contributed by atoms with E-state index in [0.29, 0.717) is 13.0 Å². The Balaban J connectivity index is 2.07. The molecule has 1 aliphatic rings. The van der Waals surface area contributed by atoms with Gasteiger partial charge in [-0.3, -0.25) is 9.59 Å². The van der Waals surface area contributed by atoms with Gasteiger partial charge in [-0.25, -0.2) is 0 Å². The lowest BCUT2D eigenvalue weighted by atomic mass is 9.94. The number of amides is 2. The van der Waals surface area contributed by atoms with Crippen LogP contribution in [0.3, 0.4) is 0 Å². The third kappa shape index (κ3) is 3.18. The Bertz CT molecular complexity index is 496. The molecular formula is C16H22N2O2. The Labute approximate surface area is 120 Å². The second-order valence-electron chi connectivity index (χ2n) is 6.10. The normalized spacial score (nSPS) is 19.4. The van der Waals surface area contributed by atoms with Crippen molar-refractivity contribution in [1.29, 1.82) is 0 Å². The maximum absolute atomic E-state index is 12.6. The van der Waals surface area contributed by atoms with Crippen LogP contribution in [0.15, 0.2) is 30.3 Å². The highest BCUT2D eigenvalue weighted by Crippen LogP contribution is 2.21. The van der Waals surface area contributed by atoms with Gasteiger partial charge in [0.1, 0.15) is 6.54 Å². The van der Waals surface area contributed by atoms with Crippen LogP contribution in [-0.4, -0.2) is 35.3 Å². The molecule has 20 heavy (non-hydrogen) atoms. The van der Waals surface area contributed by atoms with Crippen molar-refractivity contribution < 1.29 is 9.59 Å². The Morgan fingerprint density at radius 2 is 2.00 bits per heavy atom. The van der Waals surface area contributed by atoms with Crippen LogP contribution in [0.1, 0.15) is 26.3 Å². The molecule has 1 fully saturated rings. The minimum Gasteiger partial charge on any atom is -0.352 e. The van der Waals surface area contributed by atoms with Crippen molar-refractivity contribution in [3.05, 3.63) is 35.9 Å². The van der Waals surface area contributed by atoms with Crippen LogP contribution in [0, 0.1) is 5.92 Å². The SMILES string of the molecule is C[C@@H](Cc1ccccc1)C(=O)N1CC(=O)NCC1(C)C. The molecule has 1 aliphatic heterocycles. The summed E-state index contributed by atoms with van der Waals surface area (Å²) in [7, 11) is 0. The summed E-state index contributed by atoms with van der Waals surface area (Å²) in [6.45, 7) is 6.57. The van der Waals surface area contributed by atoms with Gasteiger partial charge >= 0.3 is 0 Å². The fourth-order valence-electron chi connectivity index (χ4n) is 2.52. The molecule has 1 heterocycles. The first-order chi connectivity index (χ1) is 9.40. The van der Waals surface area contributed by atoms with E-state index in [-0.39, 0.29) is 29.8 Å². The topological polar surface area (TPSA) is 49.4 Å². The lowest BCUT2D eigenvalue weighted by molar-refractivity contribution is -0.148. The van der Waals surface area contributed by atoms with Crippen molar-refractivity contribution in [3.8, 4) is 0 Å². The fourth-order valence-corrected chi connectivity index (χ4v) is 2.52. The quantitative estimate of drug-likeness (QED) is 0.910. The predicted molar refractivity (Wildman–Crippen MR) is 78.1 cm³/mol. The zero-order chi connectivity index (χ0) is 14.8. The smallest absolute Gasteiger partial charge is 0.239 e. The molecule has 0 aliphatic carbocycles. The Hall–Kier alpha value is -1.84. The predicted octanol–water partition coefficient (Wildman–Crippen LogP) is 1.60. The van der Waals surface area contributed by atoms with Crippen LogP contribution in [0.25, 0.3) is 0 Å². The largest absolute Gasteiger partial charge is 0.352 e. The fraction of sp³-hybridized carbons (Fsp3) is 0.500. The zero-order valence-electron chi connectivity index (χ0n) is 12.3. The highest BCUT2D eigenvalue weighted by atomic mass is 16.2. The number of carbonyl (C=O) groups excluding carboxylic acids is 2. The van der Waals surface area contributed by atoms with Crippen LogP contribution in [0.4, 0.5) is 0 Å². The standard InChI is InChI=1S/C16H22N2O2/c1-12(9-13-7-5-4-6-8-13)15(20)18-10-14(19)17-11-16(18,2)3/h4-8,12H,9-11H2,1-3H3,(H,17,19)/t12-/m0/s1. The highest BCUT2D eigenvalue weighted by Gasteiger charge is 2.37. The van der Waals surface area contributed by atoms with Crippen LogP contribution in [0.2, 0.25) is 0 Å². The molecule has 0 saturated carbocycles. The summed E-state index contributed by atoms with van der Waals surface area (Å²) in [6.07, 6.45) is 0.702. The maximum atomic E-state index is 12.6. The molecular weight excluding hydrogens is 252 g/mol. The van der Waals surface area contributed by atoms with Crippen LogP contribution >= 0.6 is 0 Å². The van der Waals surface area contributed by atoms with Gasteiger partial charge in [-0.15, -0.1) is 0 Å². The molecule has 0 aromatic heterocycles. The Morgan fingerprint density at radius 3 is 2.65 bits per heavy atom. The van der Waals surface area contributed by atoms with E-state index in [1.165, 1.54) is 0 Å². The van der Waals surface area contributed by atoms with Gasteiger partial charge in [-0.1, -0.05) is 37.3 Å². The monoisotopic (exact) mass is 274 g/mol. The summed E-state index contributed by atoms with van der Waals surface area (Å²) in [5, 5.41) is 2.81. The Morgan fingerprint density at radius 1 is 1.35 bits per heavy atom. The first-order valence-corrected chi connectivity index (χ1v) is 7.02. The summed E-state index contributed by atoms with van der Waals surface area (Å²) < 4.78 is 0. The number of piperazine rings is 1. The average molecular weight is 274 g/mol. The summed E-state index contributed by atoms with van der Waals surface area (Å²) in [6, 6.07) is 9.97. The summed E-state index contributed by atoms with van der Waals surface area (Å²) in [5.41, 5.74) is 0.822. The van der Waals surface area contributed by atoms with Crippen molar-refractivity contribution >= 4 is 11.8 Å². The average Bonchev–Trinajstić information content (AvgIpc) is 2.42. The van der Waals surface area contributed by atoms with Gasteiger partial charge in [0.2, 0.25) is 11.8 Å². The Kier molecular flexibility index (Phi) is 4.12. The van der Waals surface area contributed by atoms with E-state index in [1.807, 2.05) is 51.1 Å². The molecule has 4 heteroatoms. The van der Waals surface area contributed by atoms with Gasteiger partial charge in [0.15, 0.2) is 0 Å². The molecule has 0 radical (unpaired) electrons. The van der Waals surface area contributed by atoms with Gasteiger partial charge in [-0.2, -0.15) is 0 Å². The van der Waals surface area contributed by atoms with Crippen molar-refractivity contribution in [2.75, 3.05) is 13.1 Å². The molecule has 1 saturated heterocycles. The van der Waals surface area contributed by atoms with E-state index in [4.69, 9.17) is 0 Å². The van der Waals surface area contributed by atoms with E-state index in [9.17, 15) is 9.59 Å². The van der Waals surface area contributed by atoms with Crippen LogP contribution in [0.5, 0.6) is 0 Å². The first kappa shape index (κ1) is 14.6. The van der Waals surface area contributed by atoms with Gasteiger partial charge < -0.3 is 10.2 Å². The lowest BCUT2D eigenvalue weighted by Gasteiger charge is -2.43. The van der Waals surface area contributed by atoms with E-state index >= 15 is 0 Å². The molecule has 4 nitrogen and oxygen atoms in total. The van der Waals surface area contributed by atoms with E-state index in [2.05, 4.69) is 5.32 Å². The number of nitrogens with zero attached hydrogens (tertiary/aromatic N) is 1. The maximum Gasteiger partial charge on any atom is 0.239 e. The van der Waals surface area contributed by atoms with Gasteiger partial charge in [0.05, 0.1) is 5.54 Å². The van der Waals surface area contributed by atoms with Gasteiger partial charge in [0.25, 0.3) is 0 Å². The minimum atomic E-state index is -0.323. The van der Waals surface area contributed by atoms with E-state index < -0.39 is 0 Å². The van der Waals surface area contributed by atoms with Crippen molar-refractivity contribution in [2.24, 2.45) is 5.92 Å². The number of nitrogens with one attached hydrogen (secondary N) is 1. The van der Waals surface area contributed by atoms with Crippen LogP contribution < -0.4 is 5.32 Å². The van der Waals surface area contributed by atoms with E-state index in [0.717, 1.165) is 5.56 Å². The molecule has 1 atom stereocenters. The molecule has 1 aromatic rings. The van der Waals surface area contributed by atoms with E-state index in [1.54, 1.807) is 4.90 Å². The number of carbonyl (C=O) groups is 2. The summed E-state index contributed by atoms with van der Waals surface area (Å²) in [4.78, 5) is 25.9. The van der Waals surface area contributed by atoms with Crippen LogP contribution in [-0.2, 0) is 16.0 Å². The molecule has 0 spiro atoms. The number of hydrogen-bond donors (Lipinski definition) is 1. The number of hydrogen-bond acceptors (Lipinski definition) is 2. The molecule has 2 rings (SSSR count). The van der Waals surface area contributed by atoms with Crippen molar-refractivity contribution in [3.63, 3.8) is 0 Å². The third-order valence-corrected chi connectivity index (χ3v) is 3.82.